The average Bonchev–Trinajstić information content (AvgIpc) is 2.53. The highest BCUT2D eigenvalue weighted by atomic mass is 16.6. The molecule has 1 heterocycles. The van der Waals surface area contributed by atoms with Gasteiger partial charge >= 0.3 is 18.0 Å². The van der Waals surface area contributed by atoms with Gasteiger partial charge in [-0.05, 0) is 53.4 Å². The number of hydrogen-bond acceptors (Lipinski definition) is 6. The molecule has 1 rings (SSSR count). The fraction of sp³-hybridized carbons (Fsp3) is 0.833. The second kappa shape index (κ2) is 9.06. The predicted molar refractivity (Wildman–Crippen MR) is 92.0 cm³/mol. The van der Waals surface area contributed by atoms with E-state index >= 15 is 0 Å². The van der Waals surface area contributed by atoms with Crippen molar-refractivity contribution in [1.82, 2.24) is 4.90 Å². The van der Waals surface area contributed by atoms with Crippen LogP contribution in [0, 0.1) is 5.41 Å². The number of carbonyl (C=O) groups excluding carboxylic acids is 3. The van der Waals surface area contributed by atoms with Gasteiger partial charge in [-0.1, -0.05) is 0 Å². The van der Waals surface area contributed by atoms with Crippen LogP contribution in [0.5, 0.6) is 0 Å². The second-order valence-corrected chi connectivity index (χ2v) is 7.40. The van der Waals surface area contributed by atoms with Crippen LogP contribution in [0.1, 0.15) is 59.8 Å². The first-order valence-electron chi connectivity index (χ1n) is 8.85. The Kier molecular flexibility index (Phi) is 7.70. The van der Waals surface area contributed by atoms with E-state index in [-0.39, 0.29) is 24.5 Å². The lowest BCUT2D eigenvalue weighted by atomic mass is 9.74. The Labute approximate surface area is 150 Å². The van der Waals surface area contributed by atoms with Crippen LogP contribution in [0.2, 0.25) is 0 Å². The highest BCUT2D eigenvalue weighted by Crippen LogP contribution is 2.38. The molecule has 0 aromatic heterocycles. The first-order chi connectivity index (χ1) is 11.6. The topological polar surface area (TPSA) is 82.1 Å². The number of carbonyl (C=O) groups is 3. The molecule has 0 unspecified atom stereocenters. The lowest BCUT2D eigenvalue weighted by Gasteiger charge is -2.40. The van der Waals surface area contributed by atoms with Crippen LogP contribution >= 0.6 is 0 Å². The molecule has 25 heavy (non-hydrogen) atoms. The highest BCUT2D eigenvalue weighted by Gasteiger charge is 2.43. The predicted octanol–water partition coefficient (Wildman–Crippen LogP) is 2.91. The van der Waals surface area contributed by atoms with Gasteiger partial charge < -0.3 is 19.1 Å². The largest absolute Gasteiger partial charge is 0.469 e. The Bertz CT molecular complexity index is 474. The van der Waals surface area contributed by atoms with Crippen molar-refractivity contribution in [1.29, 1.82) is 0 Å². The summed E-state index contributed by atoms with van der Waals surface area (Å²) in [5.74, 6) is -0.533. The maximum atomic E-state index is 12.3. The van der Waals surface area contributed by atoms with Crippen molar-refractivity contribution >= 4 is 18.0 Å². The van der Waals surface area contributed by atoms with E-state index < -0.39 is 11.0 Å². The van der Waals surface area contributed by atoms with Crippen LogP contribution in [-0.4, -0.2) is 55.3 Å². The molecule has 1 saturated heterocycles. The Morgan fingerprint density at radius 2 is 1.72 bits per heavy atom. The van der Waals surface area contributed by atoms with E-state index in [2.05, 4.69) is 0 Å². The minimum Gasteiger partial charge on any atom is -0.469 e. The number of amides is 1. The summed E-state index contributed by atoms with van der Waals surface area (Å²) in [7, 11) is 1.37. The summed E-state index contributed by atoms with van der Waals surface area (Å²) in [6, 6.07) is 0. The van der Waals surface area contributed by atoms with Gasteiger partial charge in [0.15, 0.2) is 0 Å². The van der Waals surface area contributed by atoms with Crippen molar-refractivity contribution < 1.29 is 28.6 Å². The van der Waals surface area contributed by atoms with Crippen molar-refractivity contribution in [3.05, 3.63) is 0 Å². The minimum absolute atomic E-state index is 0.256. The Balaban J connectivity index is 2.63. The molecule has 144 valence electrons. The van der Waals surface area contributed by atoms with Crippen LogP contribution in [0.15, 0.2) is 0 Å². The SMILES string of the molecule is CCOC(=O)CCCC1(C(=O)OC)CCN(C(=O)OC(C)(C)C)CC1. The average molecular weight is 357 g/mol. The molecule has 0 saturated carbocycles. The molecule has 0 radical (unpaired) electrons. The molecule has 0 spiro atoms. The normalized spacial score (nSPS) is 16.9. The summed E-state index contributed by atoms with van der Waals surface area (Å²) in [5.41, 5.74) is -1.20. The van der Waals surface area contributed by atoms with Gasteiger partial charge in [0.25, 0.3) is 0 Å². The highest BCUT2D eigenvalue weighted by molar-refractivity contribution is 5.77. The molecule has 0 atom stereocenters. The van der Waals surface area contributed by atoms with Gasteiger partial charge in [-0.15, -0.1) is 0 Å². The molecule has 1 fully saturated rings. The third kappa shape index (κ3) is 6.55. The number of ether oxygens (including phenoxy) is 3. The van der Waals surface area contributed by atoms with E-state index in [9.17, 15) is 14.4 Å². The van der Waals surface area contributed by atoms with Gasteiger partial charge in [0, 0.05) is 19.5 Å². The van der Waals surface area contributed by atoms with E-state index in [0.29, 0.717) is 45.4 Å². The third-order valence-electron chi connectivity index (χ3n) is 4.33. The van der Waals surface area contributed by atoms with Crippen molar-refractivity contribution in [3.63, 3.8) is 0 Å². The molecule has 7 nitrogen and oxygen atoms in total. The molecule has 0 aromatic carbocycles. The third-order valence-corrected chi connectivity index (χ3v) is 4.33. The maximum absolute atomic E-state index is 12.3. The van der Waals surface area contributed by atoms with Gasteiger partial charge in [-0.25, -0.2) is 4.79 Å². The van der Waals surface area contributed by atoms with Gasteiger partial charge in [0.05, 0.1) is 19.1 Å². The fourth-order valence-electron chi connectivity index (χ4n) is 3.02. The Hall–Kier alpha value is -1.79. The zero-order valence-corrected chi connectivity index (χ0v) is 16.1. The van der Waals surface area contributed by atoms with Gasteiger partial charge in [0.2, 0.25) is 0 Å². The number of esters is 2. The summed E-state index contributed by atoms with van der Waals surface area (Å²) in [5, 5.41) is 0. The van der Waals surface area contributed by atoms with Crippen LogP contribution in [-0.2, 0) is 23.8 Å². The molecule has 7 heteroatoms. The van der Waals surface area contributed by atoms with E-state index in [4.69, 9.17) is 14.2 Å². The van der Waals surface area contributed by atoms with Crippen molar-refractivity contribution in [2.24, 2.45) is 5.41 Å². The number of piperidine rings is 1. The molecule has 1 aliphatic heterocycles. The quantitative estimate of drug-likeness (QED) is 0.537. The van der Waals surface area contributed by atoms with E-state index in [1.54, 1.807) is 11.8 Å². The summed E-state index contributed by atoms with van der Waals surface area (Å²) in [6.07, 6.45) is 2.02. The maximum Gasteiger partial charge on any atom is 0.410 e. The zero-order chi connectivity index (χ0) is 19.1. The van der Waals surface area contributed by atoms with Crippen LogP contribution in [0.4, 0.5) is 4.79 Å². The molecule has 1 aliphatic rings. The first-order valence-corrected chi connectivity index (χ1v) is 8.85. The number of nitrogens with zero attached hydrogens (tertiary/aromatic N) is 1. The molecule has 0 aliphatic carbocycles. The standard InChI is InChI=1S/C18H31NO6/c1-6-24-14(20)8-7-9-18(15(21)23-5)10-12-19(13-11-18)16(22)25-17(2,3)4/h6-13H2,1-5H3. The summed E-state index contributed by atoms with van der Waals surface area (Å²) >= 11 is 0. The van der Waals surface area contributed by atoms with Gasteiger partial charge in [-0.2, -0.15) is 0 Å². The van der Waals surface area contributed by atoms with Gasteiger partial charge in [0.1, 0.15) is 5.60 Å². The van der Waals surface area contributed by atoms with Crippen molar-refractivity contribution in [2.75, 3.05) is 26.8 Å². The smallest absolute Gasteiger partial charge is 0.410 e. The lowest BCUT2D eigenvalue weighted by Crippen LogP contribution is -2.48. The lowest BCUT2D eigenvalue weighted by molar-refractivity contribution is -0.157. The number of hydrogen-bond donors (Lipinski definition) is 0. The van der Waals surface area contributed by atoms with Crippen LogP contribution in [0.3, 0.4) is 0 Å². The molecule has 0 aromatic rings. The van der Waals surface area contributed by atoms with Crippen LogP contribution in [0.25, 0.3) is 0 Å². The Morgan fingerprint density at radius 1 is 1.12 bits per heavy atom. The molecular formula is C18H31NO6. The van der Waals surface area contributed by atoms with E-state index in [1.807, 2.05) is 20.8 Å². The zero-order valence-electron chi connectivity index (χ0n) is 16.1. The molecule has 0 bridgehead atoms. The monoisotopic (exact) mass is 357 g/mol. The number of methoxy groups -OCH3 is 1. The summed E-state index contributed by atoms with van der Waals surface area (Å²) in [6.45, 7) is 8.45. The van der Waals surface area contributed by atoms with Crippen molar-refractivity contribution in [2.45, 2.75) is 65.4 Å². The van der Waals surface area contributed by atoms with Crippen molar-refractivity contribution in [3.8, 4) is 0 Å². The first kappa shape index (κ1) is 21.3. The van der Waals surface area contributed by atoms with E-state index in [1.165, 1.54) is 7.11 Å². The van der Waals surface area contributed by atoms with E-state index in [0.717, 1.165) is 0 Å². The number of likely N-dealkylation sites (tertiary alicyclic amines) is 1. The molecule has 1 amide bonds. The molecule has 0 N–H and O–H groups in total. The summed E-state index contributed by atoms with van der Waals surface area (Å²) < 4.78 is 15.3. The number of rotatable bonds is 6. The second-order valence-electron chi connectivity index (χ2n) is 7.40. The van der Waals surface area contributed by atoms with Gasteiger partial charge in [-0.3, -0.25) is 9.59 Å². The summed E-state index contributed by atoms with van der Waals surface area (Å²) in [4.78, 5) is 37.6. The fourth-order valence-corrected chi connectivity index (χ4v) is 3.02. The minimum atomic E-state index is -0.653. The van der Waals surface area contributed by atoms with Crippen LogP contribution < -0.4 is 0 Å². The Morgan fingerprint density at radius 3 is 2.20 bits per heavy atom. The molecular weight excluding hydrogens is 326 g/mol.